The van der Waals surface area contributed by atoms with Crippen molar-refractivity contribution in [1.82, 2.24) is 4.90 Å². The second-order valence-electron chi connectivity index (χ2n) is 4.93. The summed E-state index contributed by atoms with van der Waals surface area (Å²) < 4.78 is 14.8. The van der Waals surface area contributed by atoms with Crippen LogP contribution in [-0.4, -0.2) is 42.6 Å². The van der Waals surface area contributed by atoms with Crippen LogP contribution < -0.4 is 10.6 Å². The molecule has 0 aliphatic carbocycles. The molecule has 1 aromatic carbocycles. The molecule has 1 aliphatic heterocycles. The molecular weight excluding hydrogens is 329 g/mol. The fraction of sp³-hybridized carbons (Fsp3) is 0.462. The second-order valence-corrected chi connectivity index (χ2v) is 6.16. The van der Waals surface area contributed by atoms with Gasteiger partial charge in [-0.2, -0.15) is 0 Å². The van der Waals surface area contributed by atoms with Gasteiger partial charge in [-0.05, 0) is 42.0 Å². The number of rotatable bonds is 2. The van der Waals surface area contributed by atoms with Crippen molar-refractivity contribution in [1.29, 1.82) is 0 Å². The van der Waals surface area contributed by atoms with Gasteiger partial charge >= 0.3 is 0 Å². The van der Waals surface area contributed by atoms with Crippen molar-refractivity contribution in [3.63, 3.8) is 0 Å². The van der Waals surface area contributed by atoms with Crippen LogP contribution in [0.4, 0.5) is 10.1 Å². The van der Waals surface area contributed by atoms with E-state index in [1.165, 1.54) is 0 Å². The molecule has 1 heterocycles. The summed E-state index contributed by atoms with van der Waals surface area (Å²) in [7, 11) is 2.08. The summed E-state index contributed by atoms with van der Waals surface area (Å²) in [4.78, 5) is 4.53. The second kappa shape index (κ2) is 5.73. The number of nitrogens with zero attached hydrogens (tertiary/aromatic N) is 2. The number of benzene rings is 1. The largest absolute Gasteiger partial charge is 0.389 e. The van der Waals surface area contributed by atoms with Crippen LogP contribution in [0, 0.1) is 5.82 Å². The van der Waals surface area contributed by atoms with Gasteiger partial charge in [0.15, 0.2) is 5.82 Å². The summed E-state index contributed by atoms with van der Waals surface area (Å²) in [6.45, 7) is 4.77. The van der Waals surface area contributed by atoms with Gasteiger partial charge in [-0.1, -0.05) is 12.2 Å². The first-order valence-corrected chi connectivity index (χ1v) is 7.35. The number of nitrogens with two attached hydrogens (primary N) is 1. The third-order valence-electron chi connectivity index (χ3n) is 3.47. The summed E-state index contributed by atoms with van der Waals surface area (Å²) >= 11 is 8.16. The van der Waals surface area contributed by atoms with Gasteiger partial charge in [0.25, 0.3) is 0 Å². The van der Waals surface area contributed by atoms with Crippen molar-refractivity contribution in [3.05, 3.63) is 28.0 Å². The van der Waals surface area contributed by atoms with E-state index in [2.05, 4.69) is 39.7 Å². The number of hydrogen-bond acceptors (Lipinski definition) is 3. The van der Waals surface area contributed by atoms with E-state index >= 15 is 0 Å². The maximum absolute atomic E-state index is 14.5. The molecule has 1 unspecified atom stereocenters. The molecule has 0 radical (unpaired) electrons. The zero-order valence-corrected chi connectivity index (χ0v) is 13.4. The van der Waals surface area contributed by atoms with Crippen LogP contribution in [0.2, 0.25) is 0 Å². The molecule has 0 aromatic heterocycles. The molecule has 19 heavy (non-hydrogen) atoms. The Labute approximate surface area is 126 Å². The lowest BCUT2D eigenvalue weighted by Crippen LogP contribution is -2.50. The number of piperazine rings is 1. The Morgan fingerprint density at radius 1 is 1.47 bits per heavy atom. The fourth-order valence-corrected chi connectivity index (χ4v) is 3.30. The van der Waals surface area contributed by atoms with Crippen LogP contribution in [0.3, 0.4) is 0 Å². The first-order valence-electron chi connectivity index (χ1n) is 6.14. The van der Waals surface area contributed by atoms with Gasteiger partial charge in [-0.25, -0.2) is 4.39 Å². The Hall–Kier alpha value is -0.720. The Balaban J connectivity index is 2.36. The maximum atomic E-state index is 14.5. The molecule has 2 N–H and O–H groups in total. The average molecular weight is 346 g/mol. The summed E-state index contributed by atoms with van der Waals surface area (Å²) in [6.07, 6.45) is 0. The van der Waals surface area contributed by atoms with Crippen molar-refractivity contribution < 1.29 is 4.39 Å². The topological polar surface area (TPSA) is 32.5 Å². The molecule has 1 saturated heterocycles. The SMILES string of the molecule is CC1CN(C)CCN1c1ccc(C(N)=S)c(Br)c1F. The minimum atomic E-state index is -0.290. The first kappa shape index (κ1) is 14.7. The van der Waals surface area contributed by atoms with Crippen LogP contribution in [-0.2, 0) is 0 Å². The van der Waals surface area contributed by atoms with E-state index < -0.39 is 0 Å². The van der Waals surface area contributed by atoms with E-state index in [1.54, 1.807) is 12.1 Å². The molecule has 0 spiro atoms. The first-order chi connectivity index (χ1) is 8.91. The number of hydrogen-bond donors (Lipinski definition) is 1. The van der Waals surface area contributed by atoms with Crippen molar-refractivity contribution in [2.45, 2.75) is 13.0 Å². The van der Waals surface area contributed by atoms with Crippen LogP contribution in [0.25, 0.3) is 0 Å². The van der Waals surface area contributed by atoms with E-state index in [4.69, 9.17) is 18.0 Å². The Bertz CT molecular complexity index is 509. The molecule has 0 saturated carbocycles. The maximum Gasteiger partial charge on any atom is 0.161 e. The van der Waals surface area contributed by atoms with E-state index in [9.17, 15) is 4.39 Å². The van der Waals surface area contributed by atoms with E-state index in [0.29, 0.717) is 15.7 Å². The van der Waals surface area contributed by atoms with E-state index in [0.717, 1.165) is 19.6 Å². The molecule has 6 heteroatoms. The van der Waals surface area contributed by atoms with Crippen LogP contribution in [0.1, 0.15) is 12.5 Å². The van der Waals surface area contributed by atoms with E-state index in [-0.39, 0.29) is 16.8 Å². The third-order valence-corrected chi connectivity index (χ3v) is 4.46. The standard InChI is InChI=1S/C13H17BrFN3S/c1-8-7-17(2)5-6-18(8)10-4-3-9(13(16)19)11(14)12(10)15/h3-4,8H,5-7H2,1-2H3,(H2,16,19). The molecule has 104 valence electrons. The highest BCUT2D eigenvalue weighted by Gasteiger charge is 2.25. The number of anilines is 1. The van der Waals surface area contributed by atoms with Gasteiger partial charge in [0.1, 0.15) is 4.99 Å². The highest BCUT2D eigenvalue weighted by atomic mass is 79.9. The predicted octanol–water partition coefficient (Wildman–Crippen LogP) is 2.36. The molecular formula is C13H17BrFN3S. The average Bonchev–Trinajstić information content (AvgIpc) is 2.33. The highest BCUT2D eigenvalue weighted by Crippen LogP contribution is 2.31. The monoisotopic (exact) mass is 345 g/mol. The lowest BCUT2D eigenvalue weighted by atomic mass is 10.1. The van der Waals surface area contributed by atoms with Gasteiger partial charge in [0.2, 0.25) is 0 Å². The molecule has 0 bridgehead atoms. The Morgan fingerprint density at radius 2 is 2.16 bits per heavy atom. The van der Waals surface area contributed by atoms with Crippen LogP contribution in [0.15, 0.2) is 16.6 Å². The molecule has 1 fully saturated rings. The Morgan fingerprint density at radius 3 is 2.74 bits per heavy atom. The molecule has 2 rings (SSSR count). The molecule has 1 aliphatic rings. The summed E-state index contributed by atoms with van der Waals surface area (Å²) in [5, 5.41) is 0. The molecule has 0 amide bonds. The zero-order chi connectivity index (χ0) is 14.2. The summed E-state index contributed by atoms with van der Waals surface area (Å²) in [5.74, 6) is -0.290. The minimum absolute atomic E-state index is 0.198. The number of halogens is 2. The predicted molar refractivity (Wildman–Crippen MR) is 84.3 cm³/mol. The molecule has 1 aromatic rings. The van der Waals surface area contributed by atoms with Crippen LogP contribution >= 0.6 is 28.1 Å². The third kappa shape index (κ3) is 2.90. The lowest BCUT2D eigenvalue weighted by Gasteiger charge is -2.40. The van der Waals surface area contributed by atoms with Gasteiger partial charge in [0, 0.05) is 31.2 Å². The van der Waals surface area contributed by atoms with Crippen molar-refractivity contribution in [2.24, 2.45) is 5.73 Å². The van der Waals surface area contributed by atoms with E-state index in [1.807, 2.05) is 0 Å². The number of likely N-dealkylation sites (N-methyl/N-ethyl adjacent to an activating group) is 1. The smallest absolute Gasteiger partial charge is 0.161 e. The van der Waals surface area contributed by atoms with Crippen molar-refractivity contribution >= 4 is 38.8 Å². The van der Waals surface area contributed by atoms with Gasteiger partial charge in [-0.15, -0.1) is 0 Å². The van der Waals surface area contributed by atoms with Crippen molar-refractivity contribution in [2.75, 3.05) is 31.6 Å². The zero-order valence-electron chi connectivity index (χ0n) is 11.0. The van der Waals surface area contributed by atoms with Gasteiger partial charge in [0.05, 0.1) is 10.2 Å². The highest BCUT2D eigenvalue weighted by molar-refractivity contribution is 9.10. The normalized spacial score (nSPS) is 20.6. The number of thiocarbonyl (C=S) groups is 1. The fourth-order valence-electron chi connectivity index (χ4n) is 2.45. The molecule has 1 atom stereocenters. The van der Waals surface area contributed by atoms with Gasteiger partial charge in [-0.3, -0.25) is 0 Å². The Kier molecular flexibility index (Phi) is 4.43. The van der Waals surface area contributed by atoms with Gasteiger partial charge < -0.3 is 15.5 Å². The quantitative estimate of drug-likeness (QED) is 0.834. The van der Waals surface area contributed by atoms with Crippen molar-refractivity contribution in [3.8, 4) is 0 Å². The minimum Gasteiger partial charge on any atom is -0.389 e. The van der Waals surface area contributed by atoms with Crippen LogP contribution in [0.5, 0.6) is 0 Å². The summed E-state index contributed by atoms with van der Waals surface area (Å²) in [6, 6.07) is 3.81. The summed E-state index contributed by atoms with van der Waals surface area (Å²) in [5.41, 5.74) is 6.72. The molecule has 3 nitrogen and oxygen atoms in total. The lowest BCUT2D eigenvalue weighted by molar-refractivity contribution is 0.274.